The molecule has 1 unspecified atom stereocenters. The van der Waals surface area contributed by atoms with Gasteiger partial charge in [-0.05, 0) is 36.9 Å². The van der Waals surface area contributed by atoms with E-state index in [0.29, 0.717) is 10.1 Å². The van der Waals surface area contributed by atoms with Crippen molar-refractivity contribution in [2.24, 2.45) is 7.05 Å². The Morgan fingerprint density at radius 3 is 2.66 bits per heavy atom. The highest BCUT2D eigenvalue weighted by Crippen LogP contribution is 2.34. The van der Waals surface area contributed by atoms with E-state index in [-0.39, 0.29) is 16.8 Å². The number of aryl methyl sites for hydroxylation is 1. The van der Waals surface area contributed by atoms with Crippen LogP contribution in [-0.4, -0.2) is 25.6 Å². The lowest BCUT2D eigenvalue weighted by Gasteiger charge is -2.15. The quantitative estimate of drug-likeness (QED) is 0.483. The van der Waals surface area contributed by atoms with Crippen LogP contribution in [0.2, 0.25) is 0 Å². The number of benzene rings is 2. The number of carbonyl (C=O) groups excluding carboxylic acids is 1. The molecule has 0 aliphatic rings. The van der Waals surface area contributed by atoms with E-state index >= 15 is 0 Å². The van der Waals surface area contributed by atoms with Gasteiger partial charge in [0.25, 0.3) is 11.6 Å². The zero-order valence-corrected chi connectivity index (χ0v) is 16.1. The summed E-state index contributed by atoms with van der Waals surface area (Å²) in [4.78, 5) is 23.7. The normalized spacial score (nSPS) is 11.9. The van der Waals surface area contributed by atoms with Gasteiger partial charge in [-0.25, -0.2) is 8.78 Å². The summed E-state index contributed by atoms with van der Waals surface area (Å²) < 4.78 is 28.6. The molecule has 3 rings (SSSR count). The molecule has 2 aromatic carbocycles. The minimum atomic E-state index is -0.792. The number of nitro benzene ring substituents is 1. The van der Waals surface area contributed by atoms with Gasteiger partial charge in [0.15, 0.2) is 5.16 Å². The van der Waals surface area contributed by atoms with Gasteiger partial charge in [0.05, 0.1) is 15.9 Å². The Morgan fingerprint density at radius 1 is 1.28 bits per heavy atom. The molecule has 0 radical (unpaired) electrons. The van der Waals surface area contributed by atoms with Gasteiger partial charge in [-0.1, -0.05) is 6.07 Å². The molecule has 1 heterocycles. The Morgan fingerprint density at radius 2 is 2.03 bits per heavy atom. The van der Waals surface area contributed by atoms with Crippen molar-refractivity contribution in [3.63, 3.8) is 0 Å². The van der Waals surface area contributed by atoms with E-state index in [2.05, 4.69) is 15.5 Å². The van der Waals surface area contributed by atoms with Crippen LogP contribution in [-0.2, 0) is 7.05 Å². The summed E-state index contributed by atoms with van der Waals surface area (Å²) in [6, 6.07) is 6.28. The maximum absolute atomic E-state index is 13.9. The number of amides is 1. The molecular formula is C18H15F2N5O3S. The van der Waals surface area contributed by atoms with Crippen molar-refractivity contribution < 1.29 is 18.5 Å². The highest BCUT2D eigenvalue weighted by Gasteiger charge is 2.21. The average Bonchev–Trinajstić information content (AvgIpc) is 3.06. The van der Waals surface area contributed by atoms with Crippen LogP contribution in [0.15, 0.2) is 52.8 Å². The molecule has 150 valence electrons. The van der Waals surface area contributed by atoms with Gasteiger partial charge >= 0.3 is 0 Å². The second-order valence-electron chi connectivity index (χ2n) is 6.13. The summed E-state index contributed by atoms with van der Waals surface area (Å²) >= 11 is 1.04. The first kappa shape index (κ1) is 20.4. The molecule has 29 heavy (non-hydrogen) atoms. The lowest BCUT2D eigenvalue weighted by atomic mass is 10.1. The predicted molar refractivity (Wildman–Crippen MR) is 100 cm³/mol. The van der Waals surface area contributed by atoms with Crippen LogP contribution >= 0.6 is 11.8 Å². The molecule has 0 fully saturated rings. The number of halogens is 2. The number of nitrogens with zero attached hydrogens (tertiary/aromatic N) is 4. The fourth-order valence-corrected chi connectivity index (χ4v) is 3.41. The number of hydrogen-bond acceptors (Lipinski definition) is 6. The minimum Gasteiger partial charge on any atom is -0.345 e. The van der Waals surface area contributed by atoms with Crippen LogP contribution < -0.4 is 5.32 Å². The summed E-state index contributed by atoms with van der Waals surface area (Å²) in [6.45, 7) is 1.53. The Kier molecular flexibility index (Phi) is 5.87. The standard InChI is InChI=1S/C18H15F2N5O3S/c1-10(13-5-4-12(19)8-14(13)20)22-17(26)11-3-6-16(15(7-11)25(27)28)29-18-23-21-9-24(18)2/h3-10H,1-2H3,(H,22,26). The first-order valence-electron chi connectivity index (χ1n) is 8.32. The molecule has 0 bridgehead atoms. The molecule has 0 aliphatic carbocycles. The lowest BCUT2D eigenvalue weighted by Crippen LogP contribution is -2.27. The number of nitro groups is 1. The van der Waals surface area contributed by atoms with Gasteiger partial charge in [-0.2, -0.15) is 0 Å². The molecule has 0 aliphatic heterocycles. The maximum Gasteiger partial charge on any atom is 0.284 e. The highest BCUT2D eigenvalue weighted by molar-refractivity contribution is 7.99. The van der Waals surface area contributed by atoms with E-state index in [1.807, 2.05) is 0 Å². The smallest absolute Gasteiger partial charge is 0.284 e. The molecule has 1 amide bonds. The zero-order valence-electron chi connectivity index (χ0n) is 15.3. The van der Waals surface area contributed by atoms with Crippen LogP contribution in [0.4, 0.5) is 14.5 Å². The second kappa shape index (κ2) is 8.35. The van der Waals surface area contributed by atoms with Crippen LogP contribution in [0.3, 0.4) is 0 Å². The zero-order chi connectivity index (χ0) is 21.1. The molecule has 1 N–H and O–H groups in total. The number of carbonyl (C=O) groups is 1. The highest BCUT2D eigenvalue weighted by atomic mass is 32.2. The Hall–Kier alpha value is -3.34. The maximum atomic E-state index is 13.9. The van der Waals surface area contributed by atoms with Crippen LogP contribution in [0.25, 0.3) is 0 Å². The molecule has 8 nitrogen and oxygen atoms in total. The molecule has 1 atom stereocenters. The van der Waals surface area contributed by atoms with Crippen LogP contribution in [0.1, 0.15) is 28.9 Å². The Labute approximate surface area is 168 Å². The van der Waals surface area contributed by atoms with Gasteiger partial charge in [0, 0.05) is 30.3 Å². The summed E-state index contributed by atoms with van der Waals surface area (Å²) in [5, 5.41) is 22.1. The average molecular weight is 419 g/mol. The van der Waals surface area contributed by atoms with E-state index < -0.39 is 28.5 Å². The molecule has 1 aromatic heterocycles. The number of hydrogen-bond donors (Lipinski definition) is 1. The van der Waals surface area contributed by atoms with Crippen molar-refractivity contribution in [3.8, 4) is 0 Å². The Balaban J connectivity index is 1.82. The lowest BCUT2D eigenvalue weighted by molar-refractivity contribution is -0.387. The fourth-order valence-electron chi connectivity index (χ4n) is 2.56. The van der Waals surface area contributed by atoms with Crippen molar-refractivity contribution >= 4 is 23.4 Å². The molecule has 3 aromatic rings. The van der Waals surface area contributed by atoms with Crippen LogP contribution in [0, 0.1) is 21.7 Å². The monoisotopic (exact) mass is 419 g/mol. The van der Waals surface area contributed by atoms with Gasteiger partial charge in [-0.15, -0.1) is 10.2 Å². The van der Waals surface area contributed by atoms with Crippen molar-refractivity contribution in [1.29, 1.82) is 0 Å². The topological polar surface area (TPSA) is 103 Å². The Bertz CT molecular complexity index is 1090. The molecule has 11 heteroatoms. The van der Waals surface area contributed by atoms with Crippen molar-refractivity contribution in [1.82, 2.24) is 20.1 Å². The fraction of sp³-hybridized carbons (Fsp3) is 0.167. The third-order valence-electron chi connectivity index (χ3n) is 4.07. The third kappa shape index (κ3) is 4.57. The van der Waals surface area contributed by atoms with Gasteiger partial charge in [-0.3, -0.25) is 14.9 Å². The van der Waals surface area contributed by atoms with E-state index in [4.69, 9.17) is 0 Å². The summed E-state index contributed by atoms with van der Waals surface area (Å²) in [7, 11) is 1.70. The summed E-state index contributed by atoms with van der Waals surface area (Å²) in [5.41, 5.74) is -0.136. The summed E-state index contributed by atoms with van der Waals surface area (Å²) in [6.07, 6.45) is 1.46. The second-order valence-corrected chi connectivity index (χ2v) is 7.14. The van der Waals surface area contributed by atoms with E-state index in [9.17, 15) is 23.7 Å². The van der Waals surface area contributed by atoms with E-state index in [0.717, 1.165) is 30.0 Å². The number of rotatable bonds is 6. The largest absolute Gasteiger partial charge is 0.345 e. The molecular weight excluding hydrogens is 404 g/mol. The first-order valence-corrected chi connectivity index (χ1v) is 9.14. The molecule has 0 saturated heterocycles. The third-order valence-corrected chi connectivity index (χ3v) is 5.18. The van der Waals surface area contributed by atoms with E-state index in [1.54, 1.807) is 11.6 Å². The minimum absolute atomic E-state index is 0.0355. The predicted octanol–water partition coefficient (Wildman–Crippen LogP) is 3.64. The van der Waals surface area contributed by atoms with Crippen molar-refractivity contribution in [3.05, 3.63) is 75.6 Å². The molecule has 0 spiro atoms. The van der Waals surface area contributed by atoms with E-state index in [1.165, 1.54) is 31.5 Å². The number of aromatic nitrogens is 3. The van der Waals surface area contributed by atoms with Crippen LogP contribution in [0.5, 0.6) is 0 Å². The first-order chi connectivity index (χ1) is 13.8. The van der Waals surface area contributed by atoms with Gasteiger partial charge in [0.2, 0.25) is 0 Å². The van der Waals surface area contributed by atoms with Gasteiger partial charge in [0.1, 0.15) is 18.0 Å². The summed E-state index contributed by atoms with van der Waals surface area (Å²) in [5.74, 6) is -2.14. The molecule has 0 saturated carbocycles. The van der Waals surface area contributed by atoms with Gasteiger partial charge < -0.3 is 9.88 Å². The van der Waals surface area contributed by atoms with Crippen molar-refractivity contribution in [2.45, 2.75) is 23.0 Å². The van der Waals surface area contributed by atoms with Crippen molar-refractivity contribution in [2.75, 3.05) is 0 Å². The number of nitrogens with one attached hydrogen (secondary N) is 1. The SMILES string of the molecule is CC(NC(=O)c1ccc(Sc2nncn2C)c([N+](=O)[O-])c1)c1ccc(F)cc1F.